The Morgan fingerprint density at radius 2 is 1.15 bits per heavy atom. The van der Waals surface area contributed by atoms with Crippen LogP contribution in [0.4, 0.5) is 17.1 Å². The summed E-state index contributed by atoms with van der Waals surface area (Å²) in [5.41, 5.74) is 1.95. The van der Waals surface area contributed by atoms with Crippen molar-refractivity contribution in [3.8, 4) is 11.1 Å². The molecule has 0 saturated heterocycles. The molecule has 0 N–H and O–H groups in total. The van der Waals surface area contributed by atoms with Crippen LogP contribution >= 0.6 is 11.3 Å². The molecule has 0 fully saturated rings. The van der Waals surface area contributed by atoms with Gasteiger partial charge in [-0.15, -0.1) is 11.3 Å². The van der Waals surface area contributed by atoms with Gasteiger partial charge in [0.05, 0.1) is 30.6 Å². The largest absolute Gasteiger partial charge is 0.456 e. The minimum absolute atomic E-state index is 0.134. The van der Waals surface area contributed by atoms with E-state index in [4.69, 9.17) is 18.1 Å². The maximum absolute atomic E-state index is 9.50. The zero-order valence-electron chi connectivity index (χ0n) is 38.3. The molecule has 0 saturated carbocycles. The molecule has 0 aliphatic heterocycles. The van der Waals surface area contributed by atoms with E-state index in [-0.39, 0.29) is 38.6 Å². The third-order valence-corrected chi connectivity index (χ3v) is 9.66. The highest BCUT2D eigenvalue weighted by Gasteiger charge is 2.21. The van der Waals surface area contributed by atoms with Crippen LogP contribution in [0.2, 0.25) is 0 Å². The topological polar surface area (TPSA) is 16.4 Å². The van der Waals surface area contributed by atoms with E-state index in [2.05, 4.69) is 0 Å². The lowest BCUT2D eigenvalue weighted by Crippen LogP contribution is -2.11. The van der Waals surface area contributed by atoms with Gasteiger partial charge >= 0.3 is 0 Å². The molecular formula is C44H27NOS. The van der Waals surface area contributed by atoms with Crippen LogP contribution in [-0.4, -0.2) is 0 Å². The zero-order valence-corrected chi connectivity index (χ0v) is 25.1. The fourth-order valence-electron chi connectivity index (χ4n) is 6.35. The lowest BCUT2D eigenvalue weighted by molar-refractivity contribution is 0.669. The highest BCUT2D eigenvalue weighted by molar-refractivity contribution is 7.26. The molecule has 0 radical (unpaired) electrons. The molecule has 10 aromatic rings. The summed E-state index contributed by atoms with van der Waals surface area (Å²) >= 11 is 1.51. The van der Waals surface area contributed by atoms with E-state index in [1.165, 1.54) is 16.2 Å². The predicted molar refractivity (Wildman–Crippen MR) is 202 cm³/mol. The van der Waals surface area contributed by atoms with E-state index in [0.717, 1.165) is 25.6 Å². The molecule has 0 spiro atoms. The fourth-order valence-corrected chi connectivity index (χ4v) is 7.57. The summed E-state index contributed by atoms with van der Waals surface area (Å²) < 4.78 is 133. The van der Waals surface area contributed by atoms with Gasteiger partial charge in [-0.2, -0.15) is 0 Å². The smallest absolute Gasteiger partial charge is 0.136 e. The SMILES string of the molecule is [2H]c1c([2H])c([2H])c2c(N(c3cc(-c4ccc5c(c4)oc4ccccc45)c4sc5ccccc5c4c3)c3c([2H])c([2H])c([2H])c4c([2H])c([2H])c([2H])c([2H])c34)c([2H])c([2H])c([2H])c2c1[2H]. The Morgan fingerprint density at radius 1 is 0.511 bits per heavy atom. The Bertz CT molecular complexity index is 3480. The lowest BCUT2D eigenvalue weighted by atomic mass is 9.98. The van der Waals surface area contributed by atoms with Crippen molar-refractivity contribution in [1.29, 1.82) is 0 Å². The number of para-hydroxylation sites is 1. The van der Waals surface area contributed by atoms with Gasteiger partial charge in [0, 0.05) is 53.0 Å². The summed E-state index contributed by atoms with van der Waals surface area (Å²) in [6.45, 7) is 0. The molecule has 0 atom stereocenters. The Labute approximate surface area is 295 Å². The summed E-state index contributed by atoms with van der Waals surface area (Å²) in [4.78, 5) is 1.24. The summed E-state index contributed by atoms with van der Waals surface area (Å²) in [5, 5.41) is 1.82. The number of furan rings is 1. The molecule has 0 amide bonds. The number of fused-ring (bicyclic) bond motifs is 8. The van der Waals surface area contributed by atoms with Gasteiger partial charge in [-0.1, -0.05) is 115 Å². The third-order valence-electron chi connectivity index (χ3n) is 8.44. The Hall–Kier alpha value is -5.90. The van der Waals surface area contributed by atoms with Crippen LogP contribution in [0, 0.1) is 0 Å². The van der Waals surface area contributed by atoms with Crippen molar-refractivity contribution in [3.63, 3.8) is 0 Å². The molecular weight excluding hydrogens is 591 g/mol. The first kappa shape index (κ1) is 16.1. The normalized spacial score (nSPS) is 16.0. The molecule has 0 aliphatic rings. The van der Waals surface area contributed by atoms with Crippen molar-refractivity contribution >= 4 is 92.1 Å². The van der Waals surface area contributed by atoms with E-state index < -0.39 is 84.6 Å². The molecule has 2 nitrogen and oxygen atoms in total. The first-order valence-corrected chi connectivity index (χ1v) is 15.6. The molecule has 0 unspecified atom stereocenters. The molecule has 0 bridgehead atoms. The van der Waals surface area contributed by atoms with Crippen LogP contribution in [0.3, 0.4) is 0 Å². The minimum Gasteiger partial charge on any atom is -0.456 e. The number of hydrogen-bond donors (Lipinski definition) is 0. The van der Waals surface area contributed by atoms with Gasteiger partial charge in [-0.05, 0) is 64.8 Å². The van der Waals surface area contributed by atoms with Crippen molar-refractivity contribution in [2.24, 2.45) is 0 Å². The number of rotatable bonds is 4. The summed E-state index contributed by atoms with van der Waals surface area (Å²) in [6.07, 6.45) is 0. The van der Waals surface area contributed by atoms with Crippen LogP contribution in [0.1, 0.15) is 19.2 Å². The van der Waals surface area contributed by atoms with Gasteiger partial charge in [-0.3, -0.25) is 0 Å². The van der Waals surface area contributed by atoms with Crippen LogP contribution in [0.15, 0.2) is 168 Å². The van der Waals surface area contributed by atoms with Crippen molar-refractivity contribution in [2.45, 2.75) is 0 Å². The fraction of sp³-hybridized carbons (Fsp3) is 0. The van der Waals surface area contributed by atoms with Gasteiger partial charge in [-0.25, -0.2) is 0 Å². The molecule has 47 heavy (non-hydrogen) atoms. The van der Waals surface area contributed by atoms with Crippen LogP contribution in [0.5, 0.6) is 0 Å². The molecule has 3 heteroatoms. The van der Waals surface area contributed by atoms with Crippen LogP contribution in [-0.2, 0) is 0 Å². The Balaban J connectivity index is 1.44. The van der Waals surface area contributed by atoms with E-state index in [9.17, 15) is 5.48 Å². The second kappa shape index (κ2) is 10.3. The van der Waals surface area contributed by atoms with Gasteiger partial charge in [0.15, 0.2) is 0 Å². The molecule has 2 aromatic heterocycles. The number of anilines is 3. The maximum atomic E-state index is 9.50. The second-order valence-electron chi connectivity index (χ2n) is 11.1. The van der Waals surface area contributed by atoms with E-state index in [1.54, 1.807) is 12.1 Å². The zero-order chi connectivity index (χ0) is 43.1. The summed E-state index contributed by atoms with van der Waals surface area (Å²) in [5.74, 6) is 0. The third kappa shape index (κ3) is 4.10. The number of benzene rings is 8. The van der Waals surface area contributed by atoms with Gasteiger partial charge < -0.3 is 9.32 Å². The summed E-state index contributed by atoms with van der Waals surface area (Å²) in [7, 11) is 0. The van der Waals surface area contributed by atoms with Gasteiger partial charge in [0.1, 0.15) is 11.2 Å². The molecule has 10 rings (SSSR count). The Kier molecular flexibility index (Phi) is 3.53. The van der Waals surface area contributed by atoms with Crippen LogP contribution < -0.4 is 4.90 Å². The van der Waals surface area contributed by atoms with Crippen LogP contribution in [0.25, 0.3) is 74.8 Å². The highest BCUT2D eigenvalue weighted by atomic mass is 32.1. The molecule has 2 heterocycles. The van der Waals surface area contributed by atoms with Crippen molar-refractivity contribution in [3.05, 3.63) is 163 Å². The number of nitrogens with zero attached hydrogens (tertiary/aromatic N) is 1. The quantitative estimate of drug-likeness (QED) is 0.192. The van der Waals surface area contributed by atoms with E-state index in [0.29, 0.717) is 27.7 Å². The monoisotopic (exact) mass is 631 g/mol. The van der Waals surface area contributed by atoms with Gasteiger partial charge in [0.25, 0.3) is 0 Å². The molecule has 220 valence electrons. The van der Waals surface area contributed by atoms with Crippen molar-refractivity contribution in [1.82, 2.24) is 0 Å². The average Bonchev–Trinajstić information content (AvgIpc) is 3.83. The standard InChI is InChI=1S/C44H27NOS/c1-3-15-32-28(11-1)13-9-19-39(32)45(40-20-10-14-29-12-2-4-16-33(29)40)31-26-37(44-38(27-31)36-18-6-8-22-43(36)47-44)30-23-24-35-34-17-5-7-21-41(34)46-42(35)25-30/h1-27H/i1D,2D,3D,4D,9D,10D,11D,12D,13D,14D,15D,16D,19D,20D. The van der Waals surface area contributed by atoms with E-state index in [1.807, 2.05) is 66.7 Å². The van der Waals surface area contributed by atoms with Gasteiger partial charge in [0.2, 0.25) is 0 Å². The molecule has 8 aromatic carbocycles. The first-order valence-electron chi connectivity index (χ1n) is 21.8. The lowest BCUT2D eigenvalue weighted by Gasteiger charge is -2.29. The number of thiophene rings is 1. The predicted octanol–water partition coefficient (Wildman–Crippen LogP) is 13.4. The highest BCUT2D eigenvalue weighted by Crippen LogP contribution is 2.48. The van der Waals surface area contributed by atoms with Crippen molar-refractivity contribution < 1.29 is 23.6 Å². The van der Waals surface area contributed by atoms with Crippen molar-refractivity contribution in [2.75, 3.05) is 4.90 Å². The molecule has 0 aliphatic carbocycles. The number of hydrogen-bond acceptors (Lipinski definition) is 3. The minimum atomic E-state index is -0.712. The Morgan fingerprint density at radius 3 is 1.91 bits per heavy atom. The first-order chi connectivity index (χ1) is 29.1. The second-order valence-corrected chi connectivity index (χ2v) is 12.1. The average molecular weight is 632 g/mol. The maximum Gasteiger partial charge on any atom is 0.136 e. The summed E-state index contributed by atoms with van der Waals surface area (Å²) in [6, 6.07) is 15.1. The van der Waals surface area contributed by atoms with E-state index >= 15 is 0 Å².